The Morgan fingerprint density at radius 1 is 1.00 bits per heavy atom. The Labute approximate surface area is 164 Å². The minimum Gasteiger partial charge on any atom is -0.453 e. The molecular formula is C21H15F3N4O. The third-order valence-electron chi connectivity index (χ3n) is 4.13. The summed E-state index contributed by atoms with van der Waals surface area (Å²) in [5.74, 6) is -0.355. The predicted octanol–water partition coefficient (Wildman–Crippen LogP) is 5.51. The molecule has 0 saturated carbocycles. The summed E-state index contributed by atoms with van der Waals surface area (Å²) in [5, 5.41) is 3.60. The molecule has 29 heavy (non-hydrogen) atoms. The standard InChI is InChI=1S/C21H15F3N4O/c22-16-10-13(7-8-18(16)29-14-4-3-9-25-12-14)11-26-20-15-5-1-2-6-17(15)27-21(28-20)19(23)24/h1-10,12,19H,11H2,(H,26,27,28). The van der Waals surface area contributed by atoms with Gasteiger partial charge in [-0.25, -0.2) is 23.1 Å². The van der Waals surface area contributed by atoms with E-state index in [1.54, 1.807) is 48.7 Å². The van der Waals surface area contributed by atoms with Gasteiger partial charge in [-0.3, -0.25) is 4.98 Å². The number of alkyl halides is 2. The molecule has 2 heterocycles. The van der Waals surface area contributed by atoms with E-state index in [-0.39, 0.29) is 18.1 Å². The number of nitrogens with one attached hydrogen (secondary N) is 1. The van der Waals surface area contributed by atoms with Gasteiger partial charge >= 0.3 is 0 Å². The number of benzene rings is 2. The summed E-state index contributed by atoms with van der Waals surface area (Å²) >= 11 is 0. The van der Waals surface area contributed by atoms with Crippen LogP contribution in [-0.2, 0) is 6.54 Å². The number of nitrogens with zero attached hydrogens (tertiary/aromatic N) is 3. The Morgan fingerprint density at radius 2 is 1.86 bits per heavy atom. The summed E-state index contributed by atoms with van der Waals surface area (Å²) < 4.78 is 46.0. The Bertz CT molecular complexity index is 1140. The SMILES string of the molecule is Fc1cc(CNc2nc(C(F)F)nc3ccccc23)ccc1Oc1cccnc1. The molecule has 4 aromatic rings. The molecule has 0 amide bonds. The number of hydrogen-bond acceptors (Lipinski definition) is 5. The van der Waals surface area contributed by atoms with Gasteiger partial charge < -0.3 is 10.1 Å². The van der Waals surface area contributed by atoms with E-state index in [1.807, 2.05) is 0 Å². The van der Waals surface area contributed by atoms with Gasteiger partial charge in [0, 0.05) is 18.1 Å². The van der Waals surface area contributed by atoms with Crippen LogP contribution in [0.1, 0.15) is 17.8 Å². The number of fused-ring (bicyclic) bond motifs is 1. The fraction of sp³-hybridized carbons (Fsp3) is 0.0952. The summed E-state index contributed by atoms with van der Waals surface area (Å²) in [6, 6.07) is 14.7. The minimum atomic E-state index is -2.79. The molecule has 0 aliphatic carbocycles. The number of rotatable bonds is 6. The number of ether oxygens (including phenoxy) is 1. The summed E-state index contributed by atoms with van der Waals surface area (Å²) in [7, 11) is 0. The lowest BCUT2D eigenvalue weighted by Crippen LogP contribution is -2.06. The van der Waals surface area contributed by atoms with Gasteiger partial charge in [0.1, 0.15) is 11.6 Å². The number of para-hydroxylation sites is 1. The molecule has 0 saturated heterocycles. The van der Waals surface area contributed by atoms with E-state index in [2.05, 4.69) is 20.3 Å². The molecule has 0 unspecified atom stereocenters. The van der Waals surface area contributed by atoms with Crippen LogP contribution < -0.4 is 10.1 Å². The molecule has 2 aromatic heterocycles. The third kappa shape index (κ3) is 4.26. The van der Waals surface area contributed by atoms with Crippen LogP contribution in [0, 0.1) is 5.82 Å². The zero-order valence-corrected chi connectivity index (χ0v) is 15.0. The molecule has 0 atom stereocenters. The monoisotopic (exact) mass is 396 g/mol. The van der Waals surface area contributed by atoms with Crippen molar-refractivity contribution in [3.8, 4) is 11.5 Å². The Morgan fingerprint density at radius 3 is 2.62 bits per heavy atom. The Balaban J connectivity index is 1.54. The maximum atomic E-state index is 14.4. The molecule has 0 aliphatic rings. The highest BCUT2D eigenvalue weighted by atomic mass is 19.3. The van der Waals surface area contributed by atoms with E-state index >= 15 is 0 Å². The van der Waals surface area contributed by atoms with Crippen LogP contribution in [0.3, 0.4) is 0 Å². The maximum absolute atomic E-state index is 14.4. The topological polar surface area (TPSA) is 59.9 Å². The summed E-state index contributed by atoms with van der Waals surface area (Å²) in [6.45, 7) is 0.188. The second-order valence-corrected chi connectivity index (χ2v) is 6.16. The van der Waals surface area contributed by atoms with Gasteiger partial charge in [-0.15, -0.1) is 0 Å². The Kier molecular flexibility index (Phi) is 5.24. The van der Waals surface area contributed by atoms with Crippen molar-refractivity contribution in [3.05, 3.63) is 84.2 Å². The maximum Gasteiger partial charge on any atom is 0.297 e. The largest absolute Gasteiger partial charge is 0.453 e. The molecule has 0 spiro atoms. The zero-order valence-electron chi connectivity index (χ0n) is 15.0. The molecule has 8 heteroatoms. The molecule has 2 aromatic carbocycles. The predicted molar refractivity (Wildman–Crippen MR) is 103 cm³/mol. The fourth-order valence-electron chi connectivity index (χ4n) is 2.78. The van der Waals surface area contributed by atoms with Crippen LogP contribution in [0.4, 0.5) is 19.0 Å². The van der Waals surface area contributed by atoms with E-state index in [0.29, 0.717) is 22.2 Å². The van der Waals surface area contributed by atoms with Crippen LogP contribution >= 0.6 is 0 Å². The van der Waals surface area contributed by atoms with Crippen molar-refractivity contribution in [1.29, 1.82) is 0 Å². The van der Waals surface area contributed by atoms with Crippen molar-refractivity contribution in [3.63, 3.8) is 0 Å². The van der Waals surface area contributed by atoms with Crippen LogP contribution in [0.5, 0.6) is 11.5 Å². The van der Waals surface area contributed by atoms with Gasteiger partial charge in [0.2, 0.25) is 0 Å². The number of hydrogen-bond donors (Lipinski definition) is 1. The van der Waals surface area contributed by atoms with Gasteiger partial charge in [-0.05, 0) is 42.0 Å². The average Bonchev–Trinajstić information content (AvgIpc) is 2.74. The number of aromatic nitrogens is 3. The van der Waals surface area contributed by atoms with Gasteiger partial charge in [-0.1, -0.05) is 18.2 Å². The van der Waals surface area contributed by atoms with Crippen LogP contribution in [0.15, 0.2) is 67.0 Å². The van der Waals surface area contributed by atoms with Crippen molar-refractivity contribution in [1.82, 2.24) is 15.0 Å². The highest BCUT2D eigenvalue weighted by Crippen LogP contribution is 2.27. The first kappa shape index (κ1) is 18.7. The first-order chi connectivity index (χ1) is 14.1. The van der Waals surface area contributed by atoms with E-state index in [4.69, 9.17) is 4.74 Å². The molecule has 0 radical (unpaired) electrons. The highest BCUT2D eigenvalue weighted by molar-refractivity contribution is 5.89. The molecule has 5 nitrogen and oxygen atoms in total. The number of halogens is 3. The van der Waals surface area contributed by atoms with E-state index in [0.717, 1.165) is 0 Å². The molecule has 0 fully saturated rings. The number of anilines is 1. The molecule has 0 bridgehead atoms. The minimum absolute atomic E-state index is 0.0641. The lowest BCUT2D eigenvalue weighted by atomic mass is 10.2. The van der Waals surface area contributed by atoms with Gasteiger partial charge in [0.15, 0.2) is 17.4 Å². The molecule has 0 aliphatic heterocycles. The second kappa shape index (κ2) is 8.14. The highest BCUT2D eigenvalue weighted by Gasteiger charge is 2.15. The summed E-state index contributed by atoms with van der Waals surface area (Å²) in [6.07, 6.45) is 0.283. The van der Waals surface area contributed by atoms with Gasteiger partial charge in [0.05, 0.1) is 11.7 Å². The van der Waals surface area contributed by atoms with Crippen molar-refractivity contribution in [2.75, 3.05) is 5.32 Å². The lowest BCUT2D eigenvalue weighted by molar-refractivity contribution is 0.141. The summed E-state index contributed by atoms with van der Waals surface area (Å²) in [4.78, 5) is 11.7. The smallest absolute Gasteiger partial charge is 0.297 e. The fourth-order valence-corrected chi connectivity index (χ4v) is 2.78. The van der Waals surface area contributed by atoms with E-state index < -0.39 is 18.1 Å². The Hall–Kier alpha value is -3.68. The van der Waals surface area contributed by atoms with Crippen molar-refractivity contribution in [2.24, 2.45) is 0 Å². The number of pyridine rings is 1. The first-order valence-electron chi connectivity index (χ1n) is 8.75. The first-order valence-corrected chi connectivity index (χ1v) is 8.75. The van der Waals surface area contributed by atoms with Crippen molar-refractivity contribution in [2.45, 2.75) is 13.0 Å². The lowest BCUT2D eigenvalue weighted by Gasteiger charge is -2.12. The van der Waals surface area contributed by atoms with Crippen LogP contribution in [-0.4, -0.2) is 15.0 Å². The van der Waals surface area contributed by atoms with Crippen molar-refractivity contribution < 1.29 is 17.9 Å². The van der Waals surface area contributed by atoms with Crippen molar-refractivity contribution >= 4 is 16.7 Å². The third-order valence-corrected chi connectivity index (χ3v) is 4.13. The molecule has 1 N–H and O–H groups in total. The quantitative estimate of drug-likeness (QED) is 0.466. The summed E-state index contributed by atoms with van der Waals surface area (Å²) in [5.41, 5.74) is 1.01. The molecular weight excluding hydrogens is 381 g/mol. The normalized spacial score (nSPS) is 11.0. The molecule has 146 valence electrons. The zero-order chi connectivity index (χ0) is 20.2. The average molecular weight is 396 g/mol. The van der Waals surface area contributed by atoms with Gasteiger partial charge in [0.25, 0.3) is 6.43 Å². The second-order valence-electron chi connectivity index (χ2n) is 6.16. The molecule has 4 rings (SSSR count). The van der Waals surface area contributed by atoms with Crippen LogP contribution in [0.25, 0.3) is 10.9 Å². The van der Waals surface area contributed by atoms with Crippen LogP contribution in [0.2, 0.25) is 0 Å². The van der Waals surface area contributed by atoms with E-state index in [9.17, 15) is 13.2 Å². The van der Waals surface area contributed by atoms with E-state index in [1.165, 1.54) is 18.3 Å². The van der Waals surface area contributed by atoms with Gasteiger partial charge in [-0.2, -0.15) is 0 Å².